The van der Waals surface area contributed by atoms with Gasteiger partial charge in [0.2, 0.25) is 5.91 Å². The number of hydrogen-bond donors (Lipinski definition) is 0. The Kier molecular flexibility index (Phi) is 8.23. The van der Waals surface area contributed by atoms with Crippen LogP contribution in [0.15, 0.2) is 54.6 Å². The van der Waals surface area contributed by atoms with Gasteiger partial charge in [0.05, 0.1) is 20.3 Å². The minimum absolute atomic E-state index is 0.0862. The molecule has 0 spiro atoms. The van der Waals surface area contributed by atoms with Crippen molar-refractivity contribution in [3.8, 4) is 17.2 Å². The van der Waals surface area contributed by atoms with Crippen LogP contribution in [0, 0.1) is 0 Å². The van der Waals surface area contributed by atoms with Crippen LogP contribution in [-0.2, 0) is 4.79 Å². The number of amides is 1. The lowest BCUT2D eigenvalue weighted by atomic mass is 10.2. The van der Waals surface area contributed by atoms with Crippen LogP contribution in [0.3, 0.4) is 0 Å². The Hall–Kier alpha value is -2.95. The van der Waals surface area contributed by atoms with Crippen molar-refractivity contribution in [1.82, 2.24) is 4.90 Å². The molecule has 144 valence electrons. The van der Waals surface area contributed by atoms with Crippen molar-refractivity contribution in [3.05, 3.63) is 60.2 Å². The molecule has 0 aliphatic heterocycles. The molecule has 0 atom stereocenters. The van der Waals surface area contributed by atoms with E-state index in [0.29, 0.717) is 31.3 Å². The van der Waals surface area contributed by atoms with Gasteiger partial charge in [0, 0.05) is 13.1 Å². The van der Waals surface area contributed by atoms with Crippen molar-refractivity contribution in [2.75, 3.05) is 33.9 Å². The third-order valence-electron chi connectivity index (χ3n) is 3.88. The van der Waals surface area contributed by atoms with Crippen molar-refractivity contribution < 1.29 is 19.0 Å². The van der Waals surface area contributed by atoms with Crippen LogP contribution in [0.2, 0.25) is 0 Å². The molecule has 1 amide bonds. The summed E-state index contributed by atoms with van der Waals surface area (Å²) in [6.07, 6.45) is 4.24. The van der Waals surface area contributed by atoms with E-state index in [4.69, 9.17) is 14.2 Å². The van der Waals surface area contributed by atoms with Gasteiger partial charge in [0.15, 0.2) is 11.5 Å². The highest BCUT2D eigenvalue weighted by Crippen LogP contribution is 2.28. The predicted molar refractivity (Wildman–Crippen MR) is 107 cm³/mol. The third kappa shape index (κ3) is 6.70. The van der Waals surface area contributed by atoms with Gasteiger partial charge in [-0.3, -0.25) is 4.79 Å². The predicted octanol–water partition coefficient (Wildman–Crippen LogP) is 4.03. The summed E-state index contributed by atoms with van der Waals surface area (Å²) in [5.41, 5.74) is 0.873. The smallest absolute Gasteiger partial charge is 0.246 e. The average molecular weight is 369 g/mol. The number of hydrogen-bond acceptors (Lipinski definition) is 4. The molecule has 2 rings (SSSR count). The fourth-order valence-corrected chi connectivity index (χ4v) is 2.34. The Morgan fingerprint density at radius 3 is 2.52 bits per heavy atom. The van der Waals surface area contributed by atoms with E-state index in [0.717, 1.165) is 17.7 Å². The van der Waals surface area contributed by atoms with Gasteiger partial charge in [-0.2, -0.15) is 0 Å². The normalized spacial score (nSPS) is 10.6. The highest BCUT2D eigenvalue weighted by Gasteiger charge is 2.07. The van der Waals surface area contributed by atoms with Crippen LogP contribution < -0.4 is 14.2 Å². The topological polar surface area (TPSA) is 48.0 Å². The van der Waals surface area contributed by atoms with Crippen LogP contribution in [-0.4, -0.2) is 44.7 Å². The number of carbonyl (C=O) groups excluding carboxylic acids is 1. The molecule has 0 aromatic heterocycles. The molecule has 0 aliphatic rings. The van der Waals surface area contributed by atoms with E-state index in [2.05, 4.69) is 6.92 Å². The van der Waals surface area contributed by atoms with Gasteiger partial charge < -0.3 is 19.1 Å². The number of rotatable bonds is 10. The molecule has 2 aromatic rings. The van der Waals surface area contributed by atoms with Crippen molar-refractivity contribution in [2.45, 2.75) is 13.3 Å². The first kappa shape index (κ1) is 20.4. The fourth-order valence-electron chi connectivity index (χ4n) is 2.34. The summed E-state index contributed by atoms with van der Waals surface area (Å²) >= 11 is 0. The van der Waals surface area contributed by atoms with Gasteiger partial charge in [-0.15, -0.1) is 0 Å². The monoisotopic (exact) mass is 369 g/mol. The summed E-state index contributed by atoms with van der Waals surface area (Å²) < 4.78 is 16.6. The SMILES string of the molecule is CCCOc1ccc(/C=C/C(=O)N(C)CCOc2ccccc2)cc1OC. The second-order valence-electron chi connectivity index (χ2n) is 6.01. The number of likely N-dealkylation sites (N-methyl/N-ethyl adjacent to an activating group) is 1. The van der Waals surface area contributed by atoms with E-state index in [-0.39, 0.29) is 5.91 Å². The van der Waals surface area contributed by atoms with Crippen molar-refractivity contribution in [1.29, 1.82) is 0 Å². The lowest BCUT2D eigenvalue weighted by Crippen LogP contribution is -2.29. The van der Waals surface area contributed by atoms with E-state index in [1.165, 1.54) is 0 Å². The van der Waals surface area contributed by atoms with Gasteiger partial charge >= 0.3 is 0 Å². The molecule has 0 saturated carbocycles. The van der Waals surface area contributed by atoms with Gasteiger partial charge in [-0.05, 0) is 42.3 Å². The molecule has 5 heteroatoms. The Morgan fingerprint density at radius 2 is 1.81 bits per heavy atom. The average Bonchev–Trinajstić information content (AvgIpc) is 2.71. The molecule has 0 N–H and O–H groups in total. The Labute approximate surface area is 161 Å². The van der Waals surface area contributed by atoms with Crippen LogP contribution in [0.25, 0.3) is 6.08 Å². The Bertz CT molecular complexity index is 743. The fraction of sp³-hybridized carbons (Fsp3) is 0.318. The van der Waals surface area contributed by atoms with Gasteiger partial charge in [0.1, 0.15) is 12.4 Å². The first-order chi connectivity index (χ1) is 13.1. The first-order valence-corrected chi connectivity index (χ1v) is 9.06. The maximum atomic E-state index is 12.2. The molecule has 27 heavy (non-hydrogen) atoms. The zero-order chi connectivity index (χ0) is 19.5. The largest absolute Gasteiger partial charge is 0.493 e. The molecule has 2 aromatic carbocycles. The minimum atomic E-state index is -0.0862. The standard InChI is InChI=1S/C22H27NO4/c1-4-15-27-20-12-10-18(17-21(20)25-3)11-13-22(24)23(2)14-16-26-19-8-6-5-7-9-19/h5-13,17H,4,14-16H2,1-3H3/b13-11+. The van der Waals surface area contributed by atoms with E-state index < -0.39 is 0 Å². The first-order valence-electron chi connectivity index (χ1n) is 9.06. The van der Waals surface area contributed by atoms with Crippen LogP contribution in [0.5, 0.6) is 17.2 Å². The molecule has 0 radical (unpaired) electrons. The van der Waals surface area contributed by atoms with Crippen LogP contribution >= 0.6 is 0 Å². The molecule has 0 fully saturated rings. The highest BCUT2D eigenvalue weighted by atomic mass is 16.5. The number of para-hydroxylation sites is 1. The quantitative estimate of drug-likeness (QED) is 0.593. The van der Waals surface area contributed by atoms with Crippen LogP contribution in [0.1, 0.15) is 18.9 Å². The molecule has 0 heterocycles. The van der Waals surface area contributed by atoms with Crippen molar-refractivity contribution >= 4 is 12.0 Å². The van der Waals surface area contributed by atoms with Crippen molar-refractivity contribution in [2.24, 2.45) is 0 Å². The maximum absolute atomic E-state index is 12.2. The molecule has 0 bridgehead atoms. The lowest BCUT2D eigenvalue weighted by molar-refractivity contribution is -0.125. The minimum Gasteiger partial charge on any atom is -0.493 e. The van der Waals surface area contributed by atoms with Gasteiger partial charge in [-0.1, -0.05) is 31.2 Å². The zero-order valence-electron chi connectivity index (χ0n) is 16.2. The van der Waals surface area contributed by atoms with E-state index in [1.54, 1.807) is 31.2 Å². The van der Waals surface area contributed by atoms with Gasteiger partial charge in [-0.25, -0.2) is 0 Å². The molecule has 5 nitrogen and oxygen atoms in total. The summed E-state index contributed by atoms with van der Waals surface area (Å²) in [7, 11) is 3.36. The molecular weight excluding hydrogens is 342 g/mol. The molecule has 0 aliphatic carbocycles. The molecular formula is C22H27NO4. The lowest BCUT2D eigenvalue weighted by Gasteiger charge is -2.15. The van der Waals surface area contributed by atoms with Gasteiger partial charge in [0.25, 0.3) is 0 Å². The van der Waals surface area contributed by atoms with Crippen molar-refractivity contribution in [3.63, 3.8) is 0 Å². The second kappa shape index (κ2) is 10.9. The summed E-state index contributed by atoms with van der Waals surface area (Å²) in [5, 5.41) is 0. The second-order valence-corrected chi connectivity index (χ2v) is 6.01. The molecule has 0 unspecified atom stereocenters. The highest BCUT2D eigenvalue weighted by molar-refractivity contribution is 5.91. The van der Waals surface area contributed by atoms with E-state index in [9.17, 15) is 4.79 Å². The van der Waals surface area contributed by atoms with Crippen LogP contribution in [0.4, 0.5) is 0 Å². The number of nitrogens with zero attached hydrogens (tertiary/aromatic N) is 1. The number of benzene rings is 2. The number of ether oxygens (including phenoxy) is 3. The summed E-state index contributed by atoms with van der Waals surface area (Å²) in [5.74, 6) is 2.07. The van der Waals surface area contributed by atoms with E-state index in [1.807, 2.05) is 48.5 Å². The molecule has 0 saturated heterocycles. The van der Waals surface area contributed by atoms with E-state index >= 15 is 0 Å². The summed E-state index contributed by atoms with van der Waals surface area (Å²) in [6, 6.07) is 15.2. The third-order valence-corrected chi connectivity index (χ3v) is 3.88. The number of carbonyl (C=O) groups is 1. The summed E-state index contributed by atoms with van der Waals surface area (Å²) in [6.45, 7) is 3.64. The number of methoxy groups -OCH3 is 1. The maximum Gasteiger partial charge on any atom is 0.246 e. The summed E-state index contributed by atoms with van der Waals surface area (Å²) in [4.78, 5) is 13.9. The zero-order valence-corrected chi connectivity index (χ0v) is 16.2. The Morgan fingerprint density at radius 1 is 1.04 bits per heavy atom. The Balaban J connectivity index is 1.87.